The topological polar surface area (TPSA) is 26.3 Å². The summed E-state index contributed by atoms with van der Waals surface area (Å²) in [5.41, 5.74) is -0.947. The molecule has 0 amide bonds. The van der Waals surface area contributed by atoms with Crippen molar-refractivity contribution in [2.75, 3.05) is 0 Å². The molecule has 0 saturated carbocycles. The van der Waals surface area contributed by atoms with Crippen molar-refractivity contribution >= 4 is 40.8 Å². The normalized spacial score (nSPS) is 13.2. The molecule has 0 spiro atoms. The first-order valence-corrected chi connectivity index (χ1v) is 4.50. The van der Waals surface area contributed by atoms with Crippen LogP contribution in [0.1, 0.15) is 19.8 Å². The maximum Gasteiger partial charge on any atom is 0.307 e. The molecule has 0 fully saturated rings. The molecule has 0 bridgehead atoms. The van der Waals surface area contributed by atoms with Crippen molar-refractivity contribution in [3.8, 4) is 0 Å². The first kappa shape index (κ1) is 11.3. The molecule has 0 aliphatic carbocycles. The molecule has 66 valence electrons. The lowest BCUT2D eigenvalue weighted by atomic mass is 10.3. The fraction of sp³-hybridized carbons (Fsp3) is 0.833. The van der Waals surface area contributed by atoms with Crippen LogP contribution in [0.15, 0.2) is 0 Å². The number of esters is 1. The molecule has 0 aromatic carbocycles. The van der Waals surface area contributed by atoms with Crippen LogP contribution in [0.25, 0.3) is 0 Å². The fourth-order valence-corrected chi connectivity index (χ4v) is 0.642. The zero-order chi connectivity index (χ0) is 8.85. The molecule has 1 unspecified atom stereocenters. The number of alkyl halides is 3. The molecule has 0 radical (unpaired) electrons. The summed E-state index contributed by atoms with van der Waals surface area (Å²) >= 11 is 16.1. The van der Waals surface area contributed by atoms with Crippen molar-refractivity contribution < 1.29 is 9.53 Å². The Bertz CT molecular complexity index is 127. The molecule has 0 aliphatic rings. The monoisotopic (exact) mass is 218 g/mol. The standard InChI is InChI=1S/C6H9Cl3O2/c1-2-3-4(10)11-6(9)5(7)8/h5-6H,2-3H2,1H3. The van der Waals surface area contributed by atoms with Gasteiger partial charge in [0, 0.05) is 6.42 Å². The second kappa shape index (κ2) is 5.92. The minimum Gasteiger partial charge on any atom is -0.443 e. The zero-order valence-corrected chi connectivity index (χ0v) is 8.29. The van der Waals surface area contributed by atoms with Crippen molar-refractivity contribution in [2.24, 2.45) is 0 Å². The van der Waals surface area contributed by atoms with Crippen LogP contribution in [0.4, 0.5) is 0 Å². The quantitative estimate of drug-likeness (QED) is 0.537. The van der Waals surface area contributed by atoms with Crippen molar-refractivity contribution in [1.82, 2.24) is 0 Å². The van der Waals surface area contributed by atoms with Crippen LogP contribution in [-0.4, -0.2) is 16.4 Å². The van der Waals surface area contributed by atoms with Gasteiger partial charge in [-0.1, -0.05) is 41.7 Å². The Morgan fingerprint density at radius 3 is 2.36 bits per heavy atom. The molecular weight excluding hydrogens is 210 g/mol. The van der Waals surface area contributed by atoms with Gasteiger partial charge in [0.15, 0.2) is 4.84 Å². The average molecular weight is 219 g/mol. The van der Waals surface area contributed by atoms with E-state index in [9.17, 15) is 4.79 Å². The predicted molar refractivity (Wildman–Crippen MR) is 46.1 cm³/mol. The van der Waals surface area contributed by atoms with Crippen LogP contribution >= 0.6 is 34.8 Å². The van der Waals surface area contributed by atoms with E-state index in [-0.39, 0.29) is 5.97 Å². The van der Waals surface area contributed by atoms with Gasteiger partial charge >= 0.3 is 5.97 Å². The summed E-state index contributed by atoms with van der Waals surface area (Å²) in [5, 5.41) is 0. The van der Waals surface area contributed by atoms with E-state index in [0.717, 1.165) is 6.42 Å². The van der Waals surface area contributed by atoms with Crippen molar-refractivity contribution in [3.63, 3.8) is 0 Å². The third-order valence-electron chi connectivity index (χ3n) is 0.896. The van der Waals surface area contributed by atoms with E-state index in [1.807, 2.05) is 6.92 Å². The molecule has 2 nitrogen and oxygen atoms in total. The highest BCUT2D eigenvalue weighted by molar-refractivity contribution is 6.48. The largest absolute Gasteiger partial charge is 0.443 e. The number of rotatable bonds is 4. The summed E-state index contributed by atoms with van der Waals surface area (Å²) in [4.78, 5) is 9.86. The van der Waals surface area contributed by atoms with E-state index >= 15 is 0 Å². The van der Waals surface area contributed by atoms with Gasteiger partial charge in [-0.05, 0) is 6.42 Å². The van der Waals surface area contributed by atoms with Gasteiger partial charge in [-0.15, -0.1) is 0 Å². The average Bonchev–Trinajstić information content (AvgIpc) is 1.87. The Labute approximate surface area is 80.7 Å². The molecule has 0 aliphatic heterocycles. The van der Waals surface area contributed by atoms with Crippen LogP contribution in [0.5, 0.6) is 0 Å². The molecule has 0 heterocycles. The molecule has 11 heavy (non-hydrogen) atoms. The number of halogens is 3. The van der Waals surface area contributed by atoms with Gasteiger partial charge < -0.3 is 4.74 Å². The zero-order valence-electron chi connectivity index (χ0n) is 6.02. The van der Waals surface area contributed by atoms with Gasteiger partial charge in [0.25, 0.3) is 0 Å². The van der Waals surface area contributed by atoms with Crippen LogP contribution in [-0.2, 0) is 9.53 Å². The highest BCUT2D eigenvalue weighted by atomic mass is 35.5. The minimum absolute atomic E-state index is 0.337. The first-order chi connectivity index (χ1) is 5.07. The highest BCUT2D eigenvalue weighted by Gasteiger charge is 2.17. The second-order valence-electron chi connectivity index (χ2n) is 1.93. The summed E-state index contributed by atoms with van der Waals surface area (Å²) < 4.78 is 4.61. The number of carbonyl (C=O) groups excluding carboxylic acids is 1. The smallest absolute Gasteiger partial charge is 0.307 e. The van der Waals surface area contributed by atoms with Crippen molar-refractivity contribution in [2.45, 2.75) is 30.2 Å². The van der Waals surface area contributed by atoms with Gasteiger partial charge in [0.05, 0.1) is 0 Å². The molecule has 1 atom stereocenters. The molecule has 0 aromatic heterocycles. The van der Waals surface area contributed by atoms with Crippen molar-refractivity contribution in [3.05, 3.63) is 0 Å². The van der Waals surface area contributed by atoms with Gasteiger partial charge in [0.2, 0.25) is 5.56 Å². The molecule has 0 aromatic rings. The van der Waals surface area contributed by atoms with E-state index in [4.69, 9.17) is 34.8 Å². The second-order valence-corrected chi connectivity index (χ2v) is 3.52. The number of ether oxygens (including phenoxy) is 1. The maximum absolute atomic E-state index is 10.7. The summed E-state index contributed by atoms with van der Waals surface area (Å²) in [7, 11) is 0. The number of hydrogen-bond acceptors (Lipinski definition) is 2. The lowest BCUT2D eigenvalue weighted by molar-refractivity contribution is -0.145. The minimum atomic E-state index is -0.947. The van der Waals surface area contributed by atoms with E-state index in [1.165, 1.54) is 0 Å². The SMILES string of the molecule is CCCC(=O)OC(Cl)C(Cl)Cl. The maximum atomic E-state index is 10.7. The van der Waals surface area contributed by atoms with E-state index in [2.05, 4.69) is 4.74 Å². The lowest BCUT2D eigenvalue weighted by Gasteiger charge is -2.10. The molecule has 0 N–H and O–H groups in total. The third-order valence-corrected chi connectivity index (χ3v) is 1.95. The van der Waals surface area contributed by atoms with E-state index in [1.54, 1.807) is 0 Å². The molecule has 0 rings (SSSR count). The molecule has 5 heteroatoms. The summed E-state index contributed by atoms with van der Waals surface area (Å²) in [6.45, 7) is 1.86. The molecule has 0 saturated heterocycles. The van der Waals surface area contributed by atoms with Gasteiger partial charge in [0.1, 0.15) is 0 Å². The summed E-state index contributed by atoms with van der Waals surface area (Å²) in [5.74, 6) is -0.376. The summed E-state index contributed by atoms with van der Waals surface area (Å²) in [6, 6.07) is 0. The van der Waals surface area contributed by atoms with Crippen LogP contribution in [0.3, 0.4) is 0 Å². The molecular formula is C6H9Cl3O2. The predicted octanol–water partition coefficient (Wildman–Crippen LogP) is 2.70. The summed E-state index contributed by atoms with van der Waals surface area (Å²) in [6.07, 6.45) is 1.06. The third kappa shape index (κ3) is 5.59. The van der Waals surface area contributed by atoms with Gasteiger partial charge in [-0.3, -0.25) is 4.79 Å². The highest BCUT2D eigenvalue weighted by Crippen LogP contribution is 2.15. The Morgan fingerprint density at radius 1 is 1.45 bits per heavy atom. The number of carbonyl (C=O) groups is 1. The van der Waals surface area contributed by atoms with Crippen LogP contribution in [0, 0.1) is 0 Å². The van der Waals surface area contributed by atoms with E-state index in [0.29, 0.717) is 6.42 Å². The first-order valence-electron chi connectivity index (χ1n) is 3.19. The van der Waals surface area contributed by atoms with Crippen LogP contribution in [0.2, 0.25) is 0 Å². The number of hydrogen-bond donors (Lipinski definition) is 0. The Hall–Kier alpha value is 0.340. The van der Waals surface area contributed by atoms with Gasteiger partial charge in [-0.25, -0.2) is 0 Å². The van der Waals surface area contributed by atoms with Crippen molar-refractivity contribution in [1.29, 1.82) is 0 Å². The van der Waals surface area contributed by atoms with Crippen LogP contribution < -0.4 is 0 Å². The van der Waals surface area contributed by atoms with E-state index < -0.39 is 10.4 Å². The Kier molecular flexibility index (Phi) is 6.11. The lowest BCUT2D eigenvalue weighted by Crippen LogP contribution is -2.18. The van der Waals surface area contributed by atoms with Gasteiger partial charge in [-0.2, -0.15) is 0 Å². The Morgan fingerprint density at radius 2 is 2.00 bits per heavy atom. The Balaban J connectivity index is 3.57. The fourth-order valence-electron chi connectivity index (χ4n) is 0.440.